The number of halogens is 2. The van der Waals surface area contributed by atoms with E-state index in [4.69, 9.17) is 42.1 Å². The monoisotopic (exact) mass is 525 g/mol. The van der Waals surface area contributed by atoms with E-state index in [-0.39, 0.29) is 32.9 Å². The first-order chi connectivity index (χ1) is 16.8. The summed E-state index contributed by atoms with van der Waals surface area (Å²) >= 11 is 12.5. The van der Waals surface area contributed by atoms with Gasteiger partial charge in [0.15, 0.2) is 28.7 Å². The molecule has 0 aliphatic heterocycles. The lowest BCUT2D eigenvalue weighted by atomic mass is 10.2. The first kappa shape index (κ1) is 28.2. The van der Waals surface area contributed by atoms with Crippen molar-refractivity contribution in [3.8, 4) is 23.0 Å². The highest BCUT2D eigenvalue weighted by Crippen LogP contribution is 2.44. The van der Waals surface area contributed by atoms with Gasteiger partial charge in [0.1, 0.15) is 11.4 Å². The van der Waals surface area contributed by atoms with E-state index in [0.717, 1.165) is 0 Å². The van der Waals surface area contributed by atoms with Crippen molar-refractivity contribution in [2.24, 2.45) is 10.2 Å². The van der Waals surface area contributed by atoms with E-state index >= 15 is 0 Å². The fourth-order valence-corrected chi connectivity index (χ4v) is 3.44. The highest BCUT2D eigenvalue weighted by atomic mass is 35.5. The van der Waals surface area contributed by atoms with Crippen molar-refractivity contribution in [2.45, 2.75) is 40.7 Å². The van der Waals surface area contributed by atoms with Gasteiger partial charge in [-0.05, 0) is 58.9 Å². The van der Waals surface area contributed by atoms with Crippen LogP contribution in [-0.4, -0.2) is 44.2 Å². The quantitative estimate of drug-likeness (QED) is 0.244. The highest BCUT2D eigenvalue weighted by molar-refractivity contribution is 6.33. The van der Waals surface area contributed by atoms with Gasteiger partial charge < -0.3 is 24.3 Å². The van der Waals surface area contributed by atoms with Gasteiger partial charge in [0.05, 0.1) is 36.5 Å². The Morgan fingerprint density at radius 1 is 0.829 bits per heavy atom. The van der Waals surface area contributed by atoms with Crippen molar-refractivity contribution in [2.75, 3.05) is 31.7 Å². The van der Waals surface area contributed by atoms with Gasteiger partial charge in [-0.2, -0.15) is 5.11 Å². The Bertz CT molecular complexity index is 1080. The maximum absolute atomic E-state index is 13.2. The third-order valence-corrected chi connectivity index (χ3v) is 5.04. The van der Waals surface area contributed by atoms with E-state index in [2.05, 4.69) is 15.5 Å². The summed E-state index contributed by atoms with van der Waals surface area (Å²) < 4.78 is 22.4. The average molecular weight is 526 g/mol. The molecular weight excluding hydrogens is 497 g/mol. The Morgan fingerprint density at radius 3 is 1.91 bits per heavy atom. The molecule has 0 spiro atoms. The predicted molar refractivity (Wildman–Crippen MR) is 135 cm³/mol. The molecule has 0 fully saturated rings. The zero-order valence-corrected chi connectivity index (χ0v) is 21.8. The Kier molecular flexibility index (Phi) is 11.1. The van der Waals surface area contributed by atoms with Crippen molar-refractivity contribution in [3.05, 3.63) is 34.3 Å². The van der Waals surface area contributed by atoms with E-state index < -0.39 is 17.7 Å². The fraction of sp³-hybridized carbons (Fsp3) is 0.417. The van der Waals surface area contributed by atoms with E-state index in [1.54, 1.807) is 52.0 Å². The number of carbonyl (C=O) groups excluding carboxylic acids is 2. The molecule has 2 rings (SSSR count). The van der Waals surface area contributed by atoms with E-state index in [1.165, 1.54) is 6.92 Å². The molecule has 0 aromatic heterocycles. The number of Topliss-reactive ketones (excluding diaryl/α,β-unsaturated/α-hetero) is 1. The van der Waals surface area contributed by atoms with Gasteiger partial charge in [0, 0.05) is 0 Å². The summed E-state index contributed by atoms with van der Waals surface area (Å²) in [7, 11) is 0. The number of anilines is 1. The van der Waals surface area contributed by atoms with Crippen LogP contribution in [0.1, 0.15) is 34.6 Å². The molecular formula is C24H29Cl2N3O6. The van der Waals surface area contributed by atoms with Crippen LogP contribution in [0.25, 0.3) is 0 Å². The van der Waals surface area contributed by atoms with Gasteiger partial charge in [-0.15, -0.1) is 5.11 Å². The number of benzene rings is 2. The summed E-state index contributed by atoms with van der Waals surface area (Å²) in [6.07, 6.45) is 0. The summed E-state index contributed by atoms with van der Waals surface area (Å²) in [6.45, 7) is 9.68. The molecule has 0 radical (unpaired) electrons. The molecule has 11 heteroatoms. The van der Waals surface area contributed by atoms with Gasteiger partial charge >= 0.3 is 0 Å². The Labute approximate surface area is 214 Å². The third kappa shape index (κ3) is 7.22. The number of nitrogens with one attached hydrogen (secondary N) is 1. The average Bonchev–Trinajstić information content (AvgIpc) is 2.81. The fourth-order valence-electron chi connectivity index (χ4n) is 3.02. The lowest BCUT2D eigenvalue weighted by Crippen LogP contribution is -2.32. The summed E-state index contributed by atoms with van der Waals surface area (Å²) in [5, 5.41) is 11.4. The normalized spacial score (nSPS) is 11.7. The summed E-state index contributed by atoms with van der Waals surface area (Å²) in [4.78, 5) is 25.5. The van der Waals surface area contributed by atoms with Crippen LogP contribution in [0.2, 0.25) is 10.0 Å². The molecule has 0 aliphatic rings. The number of ether oxygens (including phenoxy) is 4. The standard InChI is InChI=1S/C24H29Cl2N3O6/c1-6-32-17-12-10-15(25)22(34-8-3)20(17)27-24(31)19(14(5)30)28-29-21-18(33-7-2)13-11-16(26)23(21)35-9-4/h10-13,19H,6-9H2,1-5H3,(H,27,31). The molecule has 2 aromatic rings. The number of rotatable bonds is 13. The number of hydrogen-bond acceptors (Lipinski definition) is 8. The topological polar surface area (TPSA) is 108 Å². The molecule has 1 amide bonds. The number of hydrogen-bond donors (Lipinski definition) is 1. The first-order valence-corrected chi connectivity index (χ1v) is 11.9. The zero-order chi connectivity index (χ0) is 26.0. The van der Waals surface area contributed by atoms with Gasteiger partial charge in [0.2, 0.25) is 6.04 Å². The van der Waals surface area contributed by atoms with Crippen LogP contribution < -0.4 is 24.3 Å². The third-order valence-electron chi connectivity index (χ3n) is 4.45. The molecule has 35 heavy (non-hydrogen) atoms. The molecule has 1 unspecified atom stereocenters. The molecule has 1 atom stereocenters. The largest absolute Gasteiger partial charge is 0.492 e. The van der Waals surface area contributed by atoms with Crippen LogP contribution in [0.4, 0.5) is 11.4 Å². The van der Waals surface area contributed by atoms with Crippen molar-refractivity contribution >= 4 is 46.3 Å². The maximum Gasteiger partial charge on any atom is 0.259 e. The van der Waals surface area contributed by atoms with Crippen molar-refractivity contribution < 1.29 is 28.5 Å². The van der Waals surface area contributed by atoms with Crippen LogP contribution in [0.15, 0.2) is 34.5 Å². The highest BCUT2D eigenvalue weighted by Gasteiger charge is 2.27. The maximum atomic E-state index is 13.2. The second-order valence-corrected chi connectivity index (χ2v) is 7.74. The first-order valence-electron chi connectivity index (χ1n) is 11.2. The van der Waals surface area contributed by atoms with Crippen molar-refractivity contribution in [3.63, 3.8) is 0 Å². The molecule has 0 heterocycles. The number of amides is 1. The lowest BCUT2D eigenvalue weighted by molar-refractivity contribution is -0.126. The van der Waals surface area contributed by atoms with Crippen LogP contribution in [0.5, 0.6) is 23.0 Å². The summed E-state index contributed by atoms with van der Waals surface area (Å²) in [5.41, 5.74) is 0.369. The van der Waals surface area contributed by atoms with Gasteiger partial charge in [-0.3, -0.25) is 9.59 Å². The number of carbonyl (C=O) groups is 2. The molecule has 1 N–H and O–H groups in total. The zero-order valence-electron chi connectivity index (χ0n) is 20.3. The Hall–Kier alpha value is -3.04. The molecule has 0 aliphatic carbocycles. The van der Waals surface area contributed by atoms with Crippen molar-refractivity contribution in [1.29, 1.82) is 0 Å². The minimum Gasteiger partial charge on any atom is -0.492 e. The number of azo groups is 1. The predicted octanol–water partition coefficient (Wildman–Crippen LogP) is 6.27. The van der Waals surface area contributed by atoms with Gasteiger partial charge in [0.25, 0.3) is 5.91 Å². The molecule has 0 saturated carbocycles. The molecule has 190 valence electrons. The molecule has 0 bridgehead atoms. The second kappa shape index (κ2) is 13.7. The molecule has 0 saturated heterocycles. The minimum absolute atomic E-state index is 0.174. The summed E-state index contributed by atoms with van der Waals surface area (Å²) in [6, 6.07) is 4.93. The molecule has 9 nitrogen and oxygen atoms in total. The molecule has 2 aromatic carbocycles. The van der Waals surface area contributed by atoms with Gasteiger partial charge in [-0.25, -0.2) is 0 Å². The summed E-state index contributed by atoms with van der Waals surface area (Å²) in [5.74, 6) is -0.150. The minimum atomic E-state index is -1.49. The van der Waals surface area contributed by atoms with E-state index in [9.17, 15) is 9.59 Å². The number of nitrogens with zero attached hydrogens (tertiary/aromatic N) is 2. The SMILES string of the molecule is CCOc1ccc(Cl)c(OCC)c1N=NC(C(C)=O)C(=O)Nc1c(OCC)ccc(Cl)c1OCC. The van der Waals surface area contributed by atoms with Crippen molar-refractivity contribution in [1.82, 2.24) is 0 Å². The van der Waals surface area contributed by atoms with Crippen LogP contribution >= 0.6 is 23.2 Å². The Morgan fingerprint density at radius 2 is 1.34 bits per heavy atom. The second-order valence-electron chi connectivity index (χ2n) is 6.92. The number of ketones is 1. The van der Waals surface area contributed by atoms with Crippen LogP contribution in [-0.2, 0) is 9.59 Å². The van der Waals surface area contributed by atoms with E-state index in [0.29, 0.717) is 37.9 Å². The smallest absolute Gasteiger partial charge is 0.259 e. The lowest BCUT2D eigenvalue weighted by Gasteiger charge is -2.18. The Balaban J connectivity index is 2.48. The van der Waals surface area contributed by atoms with Crippen LogP contribution in [0, 0.1) is 0 Å². The van der Waals surface area contributed by atoms with Gasteiger partial charge in [-0.1, -0.05) is 23.2 Å². The van der Waals surface area contributed by atoms with Crippen LogP contribution in [0.3, 0.4) is 0 Å². The van der Waals surface area contributed by atoms with E-state index in [1.807, 2.05) is 0 Å².